The molecule has 0 aromatic heterocycles. The summed E-state index contributed by atoms with van der Waals surface area (Å²) in [5, 5.41) is 20.8. The Labute approximate surface area is 232 Å². The molecule has 4 rings (SSSR count). The van der Waals surface area contributed by atoms with E-state index >= 15 is 0 Å². The molecule has 2 atom stereocenters. The molecule has 9 heteroatoms. The van der Waals surface area contributed by atoms with E-state index < -0.39 is 22.9 Å². The van der Waals surface area contributed by atoms with Gasteiger partial charge in [0.2, 0.25) is 0 Å². The normalized spacial score (nSPS) is 17.2. The van der Waals surface area contributed by atoms with Gasteiger partial charge in [-0.25, -0.2) is 0 Å². The van der Waals surface area contributed by atoms with Gasteiger partial charge in [0, 0.05) is 37.4 Å². The molecular formula is C30H40N4O4S. The van der Waals surface area contributed by atoms with Gasteiger partial charge in [0.15, 0.2) is 0 Å². The molecule has 1 aliphatic rings. The molecule has 210 valence electrons. The van der Waals surface area contributed by atoms with Crippen LogP contribution in [0.1, 0.15) is 41.3 Å². The number of anilines is 2. The molecule has 0 aliphatic carbocycles. The second-order valence-electron chi connectivity index (χ2n) is 9.90. The molecule has 0 unspecified atom stereocenters. The molecule has 1 aliphatic heterocycles. The van der Waals surface area contributed by atoms with Crippen molar-refractivity contribution in [3.8, 4) is 0 Å². The monoisotopic (exact) mass is 552 g/mol. The summed E-state index contributed by atoms with van der Waals surface area (Å²) < 4.78 is 23.0. The van der Waals surface area contributed by atoms with Crippen LogP contribution in [0.4, 0.5) is 11.4 Å². The first kappa shape index (κ1) is 28.9. The zero-order chi connectivity index (χ0) is 27.7. The summed E-state index contributed by atoms with van der Waals surface area (Å²) in [5.74, 6) is -0.00564. The number of aliphatic hydroxyl groups is 1. The van der Waals surface area contributed by atoms with Crippen molar-refractivity contribution in [1.82, 2.24) is 10.6 Å². The third-order valence-electron chi connectivity index (χ3n) is 6.84. The van der Waals surface area contributed by atoms with Crippen LogP contribution in [-0.2, 0) is 13.0 Å². The summed E-state index contributed by atoms with van der Waals surface area (Å²) in [6.07, 6.45) is 1.25. The minimum absolute atomic E-state index is 0.310. The van der Waals surface area contributed by atoms with Crippen LogP contribution in [0.3, 0.4) is 0 Å². The number of hydrogen-bond acceptors (Lipinski definition) is 7. The molecule has 39 heavy (non-hydrogen) atoms. The number of carbonyl (C=O) groups is 1. The van der Waals surface area contributed by atoms with Crippen molar-refractivity contribution in [2.45, 2.75) is 44.9 Å². The molecule has 8 nitrogen and oxygen atoms in total. The third kappa shape index (κ3) is 8.20. The van der Waals surface area contributed by atoms with E-state index in [0.29, 0.717) is 49.6 Å². The molecule has 0 radical (unpaired) electrons. The van der Waals surface area contributed by atoms with Gasteiger partial charge in [-0.2, -0.15) is 0 Å². The third-order valence-corrected chi connectivity index (χ3v) is 8.77. The first-order valence-corrected chi connectivity index (χ1v) is 15.2. The Kier molecular flexibility index (Phi) is 10.2. The van der Waals surface area contributed by atoms with Crippen molar-refractivity contribution in [2.24, 2.45) is 0 Å². The van der Waals surface area contributed by atoms with Gasteiger partial charge in [0.1, 0.15) is 0 Å². The summed E-state index contributed by atoms with van der Waals surface area (Å²) in [7, 11) is -2.94. The van der Waals surface area contributed by atoms with Gasteiger partial charge >= 0.3 is 0 Å². The molecular weight excluding hydrogens is 512 g/mol. The number of benzene rings is 3. The van der Waals surface area contributed by atoms with Crippen LogP contribution >= 0.6 is 10.8 Å². The highest BCUT2D eigenvalue weighted by atomic mass is 32.3. The largest absolute Gasteiger partial charge is 0.390 e. The van der Waals surface area contributed by atoms with Gasteiger partial charge in [-0.05, 0) is 55.5 Å². The van der Waals surface area contributed by atoms with Crippen LogP contribution in [0.5, 0.6) is 0 Å². The second-order valence-corrected chi connectivity index (χ2v) is 12.0. The van der Waals surface area contributed by atoms with Crippen LogP contribution in [0.25, 0.3) is 0 Å². The van der Waals surface area contributed by atoms with Crippen LogP contribution in [0.2, 0.25) is 0 Å². The molecule has 0 bridgehead atoms. The fourth-order valence-electron chi connectivity index (χ4n) is 4.80. The van der Waals surface area contributed by atoms with Crippen LogP contribution in [0, 0.1) is 0 Å². The van der Waals surface area contributed by atoms with E-state index in [2.05, 4.69) is 16.0 Å². The quantitative estimate of drug-likeness (QED) is 0.190. The maximum absolute atomic E-state index is 13.6. The standard InChI is InChI=1S/C30H40N4O4S/c1-2-32-26-18-25(19-27(20-26)34-15-9-10-16-39(34,37)38)30(36)33-28(17-23-11-5-3-6-12-23)29(35)22-31-21-24-13-7-4-8-14-24/h3-8,11-14,18-20,28-29,31-32,35,37-38H,2,9-10,15-17,21-22H2,1H3,(H,33,36)/t28-,29+/m0/s1. The number of nitrogens with zero attached hydrogens (tertiary/aromatic N) is 1. The van der Waals surface area contributed by atoms with Crippen molar-refractivity contribution < 1.29 is 19.0 Å². The minimum atomic E-state index is -2.94. The number of rotatable bonds is 12. The number of amides is 1. The Morgan fingerprint density at radius 1 is 0.974 bits per heavy atom. The highest BCUT2D eigenvalue weighted by Gasteiger charge is 2.28. The molecule has 3 aromatic carbocycles. The van der Waals surface area contributed by atoms with Gasteiger partial charge in [-0.15, -0.1) is 10.8 Å². The maximum atomic E-state index is 13.6. The van der Waals surface area contributed by atoms with E-state index in [1.54, 1.807) is 16.4 Å². The average Bonchev–Trinajstić information content (AvgIpc) is 2.93. The number of aliphatic hydroxyl groups excluding tert-OH is 1. The predicted molar refractivity (Wildman–Crippen MR) is 160 cm³/mol. The topological polar surface area (TPSA) is 117 Å². The van der Waals surface area contributed by atoms with Gasteiger partial charge in [-0.1, -0.05) is 60.7 Å². The lowest BCUT2D eigenvalue weighted by molar-refractivity contribution is 0.0830. The van der Waals surface area contributed by atoms with E-state index in [1.807, 2.05) is 73.7 Å². The van der Waals surface area contributed by atoms with Crippen molar-refractivity contribution in [2.75, 3.05) is 35.0 Å². The lowest BCUT2D eigenvalue weighted by Gasteiger charge is -2.47. The first-order chi connectivity index (χ1) is 18.9. The Hall–Kier alpha value is -3.08. The Balaban J connectivity index is 1.53. The lowest BCUT2D eigenvalue weighted by Crippen LogP contribution is -2.48. The van der Waals surface area contributed by atoms with Crippen LogP contribution < -0.4 is 20.3 Å². The van der Waals surface area contributed by atoms with E-state index in [4.69, 9.17) is 0 Å². The lowest BCUT2D eigenvalue weighted by atomic mass is 10.00. The number of carbonyl (C=O) groups excluding carboxylic acids is 1. The van der Waals surface area contributed by atoms with Crippen molar-refractivity contribution in [1.29, 1.82) is 0 Å². The Morgan fingerprint density at radius 2 is 1.67 bits per heavy atom. The fourth-order valence-corrected chi connectivity index (χ4v) is 6.48. The summed E-state index contributed by atoms with van der Waals surface area (Å²) in [6.45, 7) is 4.06. The molecule has 1 fully saturated rings. The summed E-state index contributed by atoms with van der Waals surface area (Å²) in [5.41, 5.74) is 3.85. The second kappa shape index (κ2) is 13.8. The molecule has 1 amide bonds. The van der Waals surface area contributed by atoms with E-state index in [0.717, 1.165) is 29.7 Å². The van der Waals surface area contributed by atoms with Gasteiger partial charge in [-0.3, -0.25) is 18.2 Å². The van der Waals surface area contributed by atoms with Crippen molar-refractivity contribution >= 4 is 28.1 Å². The molecule has 1 heterocycles. The highest BCUT2D eigenvalue weighted by molar-refractivity contribution is 8.25. The summed E-state index contributed by atoms with van der Waals surface area (Å²) in [4.78, 5) is 13.6. The summed E-state index contributed by atoms with van der Waals surface area (Å²) in [6, 6.07) is 24.5. The molecule has 1 saturated heterocycles. The van der Waals surface area contributed by atoms with Gasteiger partial charge in [0.05, 0.1) is 23.6 Å². The minimum Gasteiger partial charge on any atom is -0.390 e. The summed E-state index contributed by atoms with van der Waals surface area (Å²) >= 11 is 0. The highest BCUT2D eigenvalue weighted by Crippen LogP contribution is 2.50. The van der Waals surface area contributed by atoms with Crippen molar-refractivity contribution in [3.63, 3.8) is 0 Å². The first-order valence-electron chi connectivity index (χ1n) is 13.6. The zero-order valence-corrected chi connectivity index (χ0v) is 23.2. The van der Waals surface area contributed by atoms with E-state index in [-0.39, 0.29) is 5.91 Å². The maximum Gasteiger partial charge on any atom is 0.251 e. The molecule has 0 spiro atoms. The molecule has 0 saturated carbocycles. The van der Waals surface area contributed by atoms with Gasteiger partial charge < -0.3 is 21.1 Å². The molecule has 6 N–H and O–H groups in total. The molecule has 3 aromatic rings. The fraction of sp³-hybridized carbons (Fsp3) is 0.367. The predicted octanol–water partition coefficient (Wildman–Crippen LogP) is 4.88. The number of hydrogen-bond donors (Lipinski definition) is 6. The Morgan fingerprint density at radius 3 is 2.33 bits per heavy atom. The van der Waals surface area contributed by atoms with Gasteiger partial charge in [0.25, 0.3) is 5.91 Å². The van der Waals surface area contributed by atoms with Crippen LogP contribution in [-0.4, -0.2) is 57.7 Å². The van der Waals surface area contributed by atoms with Crippen LogP contribution in [0.15, 0.2) is 78.9 Å². The van der Waals surface area contributed by atoms with E-state index in [1.165, 1.54) is 0 Å². The average molecular weight is 553 g/mol. The SMILES string of the molecule is CCNc1cc(C(=O)N[C@@H](Cc2ccccc2)[C@H](O)CNCc2ccccc2)cc(N2CCCCS2(O)O)c1. The zero-order valence-electron chi connectivity index (χ0n) is 22.4. The Bertz CT molecular complexity index is 1200. The van der Waals surface area contributed by atoms with Crippen molar-refractivity contribution in [3.05, 3.63) is 95.6 Å². The van der Waals surface area contributed by atoms with E-state index in [9.17, 15) is 19.0 Å². The smallest absolute Gasteiger partial charge is 0.251 e. The number of nitrogens with one attached hydrogen (secondary N) is 3.